The summed E-state index contributed by atoms with van der Waals surface area (Å²) < 4.78 is 33.2. The van der Waals surface area contributed by atoms with Crippen LogP contribution in [0.3, 0.4) is 0 Å². The summed E-state index contributed by atoms with van der Waals surface area (Å²) in [5.74, 6) is -0.484. The summed E-state index contributed by atoms with van der Waals surface area (Å²) in [5, 5.41) is 0.292. The summed E-state index contributed by atoms with van der Waals surface area (Å²) in [5.41, 5.74) is 0.832. The van der Waals surface area contributed by atoms with Gasteiger partial charge in [-0.3, -0.25) is 13.9 Å². The molecule has 0 unspecified atom stereocenters. The van der Waals surface area contributed by atoms with E-state index in [1.807, 2.05) is 0 Å². The molecule has 0 saturated heterocycles. The number of benzene rings is 2. The highest BCUT2D eigenvalue weighted by molar-refractivity contribution is 7.87. The molecule has 1 heterocycles. The molecule has 0 fully saturated rings. The molecule has 26 heavy (non-hydrogen) atoms. The Bertz CT molecular complexity index is 1210. The molecule has 1 aromatic heterocycles. The van der Waals surface area contributed by atoms with Crippen LogP contribution in [0, 0.1) is 0 Å². The van der Waals surface area contributed by atoms with E-state index >= 15 is 0 Å². The van der Waals surface area contributed by atoms with Gasteiger partial charge in [-0.15, -0.1) is 0 Å². The normalized spacial score (nSPS) is 11.7. The number of hydrogen-bond acceptors (Lipinski definition) is 5. The van der Waals surface area contributed by atoms with Gasteiger partial charge >= 0.3 is 15.8 Å². The van der Waals surface area contributed by atoms with Gasteiger partial charge in [0.05, 0.1) is 16.6 Å². The Labute approximate surface area is 154 Å². The van der Waals surface area contributed by atoms with Gasteiger partial charge in [0.15, 0.2) is 11.5 Å². The van der Waals surface area contributed by atoms with Crippen LogP contribution in [0.25, 0.3) is 11.0 Å². The zero-order chi connectivity index (χ0) is 19.2. The van der Waals surface area contributed by atoms with Crippen molar-refractivity contribution in [2.45, 2.75) is 11.8 Å². The summed E-state index contributed by atoms with van der Waals surface area (Å²) in [6.45, 7) is 1.29. The number of carbonyl (C=O) groups excluding carboxylic acids is 1. The van der Waals surface area contributed by atoms with Crippen molar-refractivity contribution in [3.05, 3.63) is 57.5 Å². The number of Topliss-reactive ketones (excluding diaryl/α,β-unsaturated/α-hetero) is 1. The summed E-state index contributed by atoms with van der Waals surface area (Å²) in [4.78, 5) is 23.6. The lowest BCUT2D eigenvalue weighted by Gasteiger charge is -2.10. The average Bonchev–Trinajstić information content (AvgIpc) is 2.80. The Morgan fingerprint density at radius 2 is 1.69 bits per heavy atom. The molecule has 3 rings (SSSR count). The van der Waals surface area contributed by atoms with Crippen LogP contribution in [0.5, 0.6) is 5.75 Å². The van der Waals surface area contributed by atoms with E-state index in [0.717, 1.165) is 0 Å². The summed E-state index contributed by atoms with van der Waals surface area (Å²) >= 11 is 5.86. The predicted molar refractivity (Wildman–Crippen MR) is 97.4 cm³/mol. The minimum atomic E-state index is -4.21. The standard InChI is InChI=1S/C17H15ClN2O5S/c1-10(21)13-8-11(18)4-7-16(13)25-26(23,24)12-5-6-14-15(9-12)20(3)17(22)19(14)2/h4-9H,1-3H3. The van der Waals surface area contributed by atoms with E-state index in [4.69, 9.17) is 15.8 Å². The molecule has 0 bridgehead atoms. The fourth-order valence-corrected chi connectivity index (χ4v) is 3.80. The Morgan fingerprint density at radius 1 is 1.04 bits per heavy atom. The van der Waals surface area contributed by atoms with Crippen molar-refractivity contribution in [2.75, 3.05) is 0 Å². The Hall–Kier alpha value is -2.58. The first kappa shape index (κ1) is 18.2. The average molecular weight is 395 g/mol. The molecular weight excluding hydrogens is 380 g/mol. The molecule has 0 aliphatic heterocycles. The largest absolute Gasteiger partial charge is 0.378 e. The highest BCUT2D eigenvalue weighted by atomic mass is 35.5. The van der Waals surface area contributed by atoms with E-state index < -0.39 is 10.1 Å². The third kappa shape index (κ3) is 3.02. The number of fused-ring (bicyclic) bond motifs is 1. The first-order valence-corrected chi connectivity index (χ1v) is 9.31. The molecule has 2 aromatic carbocycles. The van der Waals surface area contributed by atoms with Crippen molar-refractivity contribution in [1.29, 1.82) is 0 Å². The van der Waals surface area contributed by atoms with E-state index in [0.29, 0.717) is 16.1 Å². The predicted octanol–water partition coefficient (Wildman–Crippen LogP) is 2.50. The number of imidazole rings is 1. The van der Waals surface area contributed by atoms with E-state index in [1.165, 1.54) is 52.5 Å². The van der Waals surface area contributed by atoms with Crippen LogP contribution in [-0.4, -0.2) is 23.3 Å². The topological polar surface area (TPSA) is 87.4 Å². The lowest BCUT2D eigenvalue weighted by Crippen LogP contribution is -2.19. The summed E-state index contributed by atoms with van der Waals surface area (Å²) in [6, 6.07) is 8.34. The van der Waals surface area contributed by atoms with Crippen molar-refractivity contribution in [3.8, 4) is 5.75 Å². The second kappa shape index (κ2) is 6.30. The smallest absolute Gasteiger partial charge is 0.339 e. The number of nitrogens with zero attached hydrogens (tertiary/aromatic N) is 2. The van der Waals surface area contributed by atoms with Gasteiger partial charge in [0.1, 0.15) is 4.90 Å². The lowest BCUT2D eigenvalue weighted by atomic mass is 10.1. The SMILES string of the molecule is CC(=O)c1cc(Cl)ccc1OS(=O)(=O)c1ccc2c(c1)n(C)c(=O)n2C. The molecule has 7 nitrogen and oxygen atoms in total. The van der Waals surface area contributed by atoms with Crippen LogP contribution in [0.4, 0.5) is 0 Å². The molecule has 0 aliphatic rings. The van der Waals surface area contributed by atoms with E-state index in [2.05, 4.69) is 0 Å². The van der Waals surface area contributed by atoms with Crippen LogP contribution in [0.1, 0.15) is 17.3 Å². The van der Waals surface area contributed by atoms with E-state index in [9.17, 15) is 18.0 Å². The fourth-order valence-electron chi connectivity index (χ4n) is 2.66. The molecule has 3 aromatic rings. The van der Waals surface area contributed by atoms with Gasteiger partial charge in [0, 0.05) is 19.1 Å². The Kier molecular flexibility index (Phi) is 4.41. The molecule has 0 amide bonds. The minimum Gasteiger partial charge on any atom is -0.378 e. The van der Waals surface area contributed by atoms with Crippen molar-refractivity contribution in [2.24, 2.45) is 14.1 Å². The van der Waals surface area contributed by atoms with Gasteiger partial charge < -0.3 is 4.18 Å². The highest BCUT2D eigenvalue weighted by Gasteiger charge is 2.22. The maximum atomic E-state index is 12.6. The lowest BCUT2D eigenvalue weighted by molar-refractivity contribution is 0.101. The molecule has 0 spiro atoms. The number of ketones is 1. The summed E-state index contributed by atoms with van der Waals surface area (Å²) in [6.07, 6.45) is 0. The number of aryl methyl sites for hydroxylation is 2. The quantitative estimate of drug-likeness (QED) is 0.501. The maximum absolute atomic E-state index is 12.6. The molecule has 136 valence electrons. The molecule has 0 atom stereocenters. The van der Waals surface area contributed by atoms with Crippen LogP contribution in [0.15, 0.2) is 46.1 Å². The second-order valence-corrected chi connectivity index (χ2v) is 7.77. The Balaban J connectivity index is 2.10. The van der Waals surface area contributed by atoms with Crippen molar-refractivity contribution >= 4 is 38.5 Å². The first-order valence-electron chi connectivity index (χ1n) is 7.52. The Morgan fingerprint density at radius 3 is 2.35 bits per heavy atom. The zero-order valence-electron chi connectivity index (χ0n) is 14.2. The van der Waals surface area contributed by atoms with Gasteiger partial charge in [0.25, 0.3) is 0 Å². The van der Waals surface area contributed by atoms with Gasteiger partial charge in [-0.05, 0) is 43.3 Å². The molecule has 0 saturated carbocycles. The third-order valence-corrected chi connectivity index (χ3v) is 5.52. The number of rotatable bonds is 4. The maximum Gasteiger partial charge on any atom is 0.339 e. The number of aromatic nitrogens is 2. The van der Waals surface area contributed by atoms with Crippen LogP contribution in [0.2, 0.25) is 5.02 Å². The molecule has 0 radical (unpaired) electrons. The monoisotopic (exact) mass is 394 g/mol. The number of carbonyl (C=O) groups is 1. The summed E-state index contributed by atoms with van der Waals surface area (Å²) in [7, 11) is -1.06. The first-order chi connectivity index (χ1) is 12.1. The highest BCUT2D eigenvalue weighted by Crippen LogP contribution is 2.27. The minimum absolute atomic E-state index is 0.0641. The van der Waals surface area contributed by atoms with Gasteiger partial charge in [-0.25, -0.2) is 4.79 Å². The fraction of sp³-hybridized carbons (Fsp3) is 0.176. The zero-order valence-corrected chi connectivity index (χ0v) is 15.8. The van der Waals surface area contributed by atoms with Crippen molar-refractivity contribution in [3.63, 3.8) is 0 Å². The van der Waals surface area contributed by atoms with Crippen LogP contribution >= 0.6 is 11.6 Å². The van der Waals surface area contributed by atoms with E-state index in [-0.39, 0.29) is 27.7 Å². The van der Waals surface area contributed by atoms with Gasteiger partial charge in [-0.2, -0.15) is 8.42 Å². The third-order valence-electron chi connectivity index (χ3n) is 4.05. The van der Waals surface area contributed by atoms with E-state index in [1.54, 1.807) is 14.1 Å². The van der Waals surface area contributed by atoms with Crippen LogP contribution in [-0.2, 0) is 24.2 Å². The van der Waals surface area contributed by atoms with Crippen molar-refractivity contribution in [1.82, 2.24) is 9.13 Å². The molecule has 9 heteroatoms. The molecular formula is C17H15ClN2O5S. The number of hydrogen-bond donors (Lipinski definition) is 0. The molecule has 0 aliphatic carbocycles. The number of halogens is 1. The van der Waals surface area contributed by atoms with Crippen LogP contribution < -0.4 is 9.87 Å². The van der Waals surface area contributed by atoms with Gasteiger partial charge in [-0.1, -0.05) is 11.6 Å². The van der Waals surface area contributed by atoms with Crippen molar-refractivity contribution < 1.29 is 17.4 Å². The molecule has 0 N–H and O–H groups in total. The van der Waals surface area contributed by atoms with Gasteiger partial charge in [0.2, 0.25) is 0 Å². The second-order valence-electron chi connectivity index (χ2n) is 5.79.